The third-order valence-electron chi connectivity index (χ3n) is 1.80. The van der Waals surface area contributed by atoms with E-state index in [1.807, 2.05) is 24.3 Å². The van der Waals surface area contributed by atoms with Gasteiger partial charge in [-0.25, -0.2) is 0 Å². The molecule has 0 atom stereocenters. The first-order valence-electron chi connectivity index (χ1n) is 4.38. The van der Waals surface area contributed by atoms with Crippen LogP contribution in [0.5, 0.6) is 0 Å². The Morgan fingerprint density at radius 2 is 2.00 bits per heavy atom. The standard InChI is InChI=1S/C11H11NO2S/c12-11(15)9-6-4-8(5-7-9)2-1-3-10(13)14/h1-2,4-7H,3H2,(H2,12,15)(H,13,14). The molecule has 0 saturated carbocycles. The van der Waals surface area contributed by atoms with Crippen molar-refractivity contribution in [3.8, 4) is 0 Å². The van der Waals surface area contributed by atoms with Crippen molar-refractivity contribution in [1.82, 2.24) is 0 Å². The van der Waals surface area contributed by atoms with Crippen LogP contribution in [0.25, 0.3) is 6.08 Å². The van der Waals surface area contributed by atoms with Gasteiger partial charge in [0.2, 0.25) is 0 Å². The fourth-order valence-electron chi connectivity index (χ4n) is 1.05. The van der Waals surface area contributed by atoms with Gasteiger partial charge in [0, 0.05) is 5.56 Å². The summed E-state index contributed by atoms with van der Waals surface area (Å²) in [5.41, 5.74) is 7.17. The zero-order valence-corrected chi connectivity index (χ0v) is 8.83. The van der Waals surface area contributed by atoms with E-state index in [4.69, 9.17) is 23.1 Å². The van der Waals surface area contributed by atoms with Gasteiger partial charge in [-0.05, 0) is 5.56 Å². The molecule has 0 aliphatic heterocycles. The lowest BCUT2D eigenvalue weighted by Crippen LogP contribution is -2.08. The molecule has 0 saturated heterocycles. The van der Waals surface area contributed by atoms with Crippen LogP contribution in [0.3, 0.4) is 0 Å². The van der Waals surface area contributed by atoms with Gasteiger partial charge in [0.15, 0.2) is 0 Å². The first-order chi connectivity index (χ1) is 7.09. The maximum absolute atomic E-state index is 10.2. The van der Waals surface area contributed by atoms with Crippen molar-refractivity contribution in [3.05, 3.63) is 41.5 Å². The van der Waals surface area contributed by atoms with Crippen LogP contribution in [0, 0.1) is 0 Å². The van der Waals surface area contributed by atoms with Crippen molar-refractivity contribution in [3.63, 3.8) is 0 Å². The third-order valence-corrected chi connectivity index (χ3v) is 2.03. The first kappa shape index (κ1) is 11.4. The second-order valence-electron chi connectivity index (χ2n) is 2.99. The molecule has 0 aliphatic rings. The maximum Gasteiger partial charge on any atom is 0.307 e. The second kappa shape index (κ2) is 5.26. The van der Waals surface area contributed by atoms with Gasteiger partial charge in [0.25, 0.3) is 0 Å². The van der Waals surface area contributed by atoms with Gasteiger partial charge in [0.05, 0.1) is 6.42 Å². The lowest BCUT2D eigenvalue weighted by atomic mass is 10.1. The summed E-state index contributed by atoms with van der Waals surface area (Å²) in [6, 6.07) is 7.30. The molecule has 78 valence electrons. The Balaban J connectivity index is 2.68. The Labute approximate surface area is 93.2 Å². The van der Waals surface area contributed by atoms with E-state index in [2.05, 4.69) is 0 Å². The zero-order valence-electron chi connectivity index (χ0n) is 8.01. The molecule has 3 N–H and O–H groups in total. The summed E-state index contributed by atoms with van der Waals surface area (Å²) in [6.07, 6.45) is 3.37. The molecule has 0 radical (unpaired) electrons. The van der Waals surface area contributed by atoms with E-state index in [1.165, 1.54) is 0 Å². The average Bonchev–Trinajstić information content (AvgIpc) is 2.18. The van der Waals surface area contributed by atoms with Crippen molar-refractivity contribution in [2.75, 3.05) is 0 Å². The third kappa shape index (κ3) is 3.91. The number of rotatable bonds is 4. The molecule has 0 bridgehead atoms. The first-order valence-corrected chi connectivity index (χ1v) is 4.78. The van der Waals surface area contributed by atoms with Gasteiger partial charge in [-0.3, -0.25) is 4.79 Å². The highest BCUT2D eigenvalue weighted by Gasteiger charge is 1.94. The van der Waals surface area contributed by atoms with Crippen molar-refractivity contribution in [1.29, 1.82) is 0 Å². The quantitative estimate of drug-likeness (QED) is 0.761. The summed E-state index contributed by atoms with van der Waals surface area (Å²) in [5, 5.41) is 8.42. The summed E-state index contributed by atoms with van der Waals surface area (Å²) in [6.45, 7) is 0. The van der Waals surface area contributed by atoms with E-state index in [9.17, 15) is 4.79 Å². The van der Waals surface area contributed by atoms with E-state index in [0.29, 0.717) is 4.99 Å². The highest BCUT2D eigenvalue weighted by atomic mass is 32.1. The minimum atomic E-state index is -0.842. The summed E-state index contributed by atoms with van der Waals surface area (Å²) < 4.78 is 0. The van der Waals surface area contributed by atoms with E-state index in [-0.39, 0.29) is 6.42 Å². The van der Waals surface area contributed by atoms with Crippen LogP contribution >= 0.6 is 12.2 Å². The Morgan fingerprint density at radius 1 is 1.40 bits per heavy atom. The monoisotopic (exact) mass is 221 g/mol. The molecule has 0 unspecified atom stereocenters. The molecule has 1 aromatic rings. The predicted octanol–water partition coefficient (Wildman–Crippen LogP) is 1.81. The van der Waals surface area contributed by atoms with Crippen LogP contribution in [-0.2, 0) is 4.79 Å². The number of benzene rings is 1. The fraction of sp³-hybridized carbons (Fsp3) is 0.0909. The fourth-order valence-corrected chi connectivity index (χ4v) is 1.19. The molecule has 1 rings (SSSR count). The summed E-state index contributed by atoms with van der Waals surface area (Å²) in [7, 11) is 0. The van der Waals surface area contributed by atoms with Crippen LogP contribution in [0.15, 0.2) is 30.3 Å². The van der Waals surface area contributed by atoms with Crippen LogP contribution in [0.2, 0.25) is 0 Å². The van der Waals surface area contributed by atoms with Gasteiger partial charge < -0.3 is 10.8 Å². The van der Waals surface area contributed by atoms with Crippen LogP contribution in [0.1, 0.15) is 17.5 Å². The molecule has 0 spiro atoms. The van der Waals surface area contributed by atoms with E-state index >= 15 is 0 Å². The van der Waals surface area contributed by atoms with Crippen molar-refractivity contribution >= 4 is 29.3 Å². The molecule has 0 fully saturated rings. The summed E-state index contributed by atoms with van der Waals surface area (Å²) in [5.74, 6) is -0.842. The molecule has 0 heterocycles. The molecular weight excluding hydrogens is 210 g/mol. The minimum Gasteiger partial charge on any atom is -0.481 e. The molecule has 0 amide bonds. The smallest absolute Gasteiger partial charge is 0.307 e. The molecule has 0 aromatic heterocycles. The van der Waals surface area contributed by atoms with Crippen LogP contribution < -0.4 is 5.73 Å². The number of aliphatic carboxylic acids is 1. The Bertz CT molecular complexity index is 396. The molecule has 3 nitrogen and oxygen atoms in total. The lowest BCUT2D eigenvalue weighted by molar-refractivity contribution is -0.135. The highest BCUT2D eigenvalue weighted by Crippen LogP contribution is 2.06. The number of carboxylic acid groups (broad SMARTS) is 1. The van der Waals surface area contributed by atoms with E-state index in [1.54, 1.807) is 12.2 Å². The Morgan fingerprint density at radius 3 is 2.47 bits per heavy atom. The highest BCUT2D eigenvalue weighted by molar-refractivity contribution is 7.80. The van der Waals surface area contributed by atoms with Crippen molar-refractivity contribution in [2.24, 2.45) is 5.73 Å². The number of carbonyl (C=O) groups is 1. The van der Waals surface area contributed by atoms with Gasteiger partial charge >= 0.3 is 5.97 Å². The van der Waals surface area contributed by atoms with E-state index < -0.39 is 5.97 Å². The van der Waals surface area contributed by atoms with Crippen LogP contribution in [0.4, 0.5) is 0 Å². The number of nitrogens with two attached hydrogens (primary N) is 1. The number of hydrogen-bond donors (Lipinski definition) is 2. The lowest BCUT2D eigenvalue weighted by Gasteiger charge is -1.98. The maximum atomic E-state index is 10.2. The Hall–Kier alpha value is -1.68. The minimum absolute atomic E-state index is 0.0249. The van der Waals surface area contributed by atoms with E-state index in [0.717, 1.165) is 11.1 Å². The second-order valence-corrected chi connectivity index (χ2v) is 3.43. The van der Waals surface area contributed by atoms with Gasteiger partial charge in [0.1, 0.15) is 4.99 Å². The van der Waals surface area contributed by atoms with Gasteiger partial charge in [-0.2, -0.15) is 0 Å². The molecule has 0 aliphatic carbocycles. The zero-order chi connectivity index (χ0) is 11.3. The number of carboxylic acids is 1. The summed E-state index contributed by atoms with van der Waals surface area (Å²) in [4.78, 5) is 10.6. The Kier molecular flexibility index (Phi) is 4.00. The largest absolute Gasteiger partial charge is 0.481 e. The normalized spacial score (nSPS) is 10.4. The molecule has 4 heteroatoms. The molecular formula is C11H11NO2S. The SMILES string of the molecule is NC(=S)c1ccc(C=CCC(=O)O)cc1. The number of thiocarbonyl (C=S) groups is 1. The molecule has 15 heavy (non-hydrogen) atoms. The topological polar surface area (TPSA) is 63.3 Å². The van der Waals surface area contributed by atoms with Crippen molar-refractivity contribution < 1.29 is 9.90 Å². The van der Waals surface area contributed by atoms with Crippen LogP contribution in [-0.4, -0.2) is 16.1 Å². The van der Waals surface area contributed by atoms with Crippen molar-refractivity contribution in [2.45, 2.75) is 6.42 Å². The van der Waals surface area contributed by atoms with Gasteiger partial charge in [-0.15, -0.1) is 0 Å². The van der Waals surface area contributed by atoms with Gasteiger partial charge in [-0.1, -0.05) is 48.6 Å². The molecule has 1 aromatic carbocycles. The summed E-state index contributed by atoms with van der Waals surface area (Å²) >= 11 is 4.81. The predicted molar refractivity (Wildman–Crippen MR) is 63.6 cm³/mol. The number of hydrogen-bond acceptors (Lipinski definition) is 2. The average molecular weight is 221 g/mol.